The Hall–Kier alpha value is -4.27. The number of amides is 3. The van der Waals surface area contributed by atoms with Crippen LogP contribution in [-0.2, 0) is 23.9 Å². The number of carbonyl (C=O) groups excluding carboxylic acids is 4. The van der Waals surface area contributed by atoms with Gasteiger partial charge < -0.3 is 20.5 Å². The maximum absolute atomic E-state index is 14.4. The van der Waals surface area contributed by atoms with Crippen LogP contribution in [0.2, 0.25) is 0 Å². The van der Waals surface area contributed by atoms with E-state index in [4.69, 9.17) is 9.58 Å². The van der Waals surface area contributed by atoms with Crippen LogP contribution in [-0.4, -0.2) is 62.5 Å². The Balaban J connectivity index is 1.05. The number of aliphatic carboxylic acids is 1. The highest BCUT2D eigenvalue weighted by Crippen LogP contribution is 2.78. The van der Waals surface area contributed by atoms with E-state index in [1.807, 2.05) is 32.9 Å². The van der Waals surface area contributed by atoms with Gasteiger partial charge in [-0.25, -0.2) is 9.78 Å². The van der Waals surface area contributed by atoms with Crippen LogP contribution in [0.15, 0.2) is 29.3 Å². The maximum atomic E-state index is 14.4. The number of esters is 1. The van der Waals surface area contributed by atoms with Crippen LogP contribution in [0.3, 0.4) is 0 Å². The van der Waals surface area contributed by atoms with Gasteiger partial charge in [-0.1, -0.05) is 59.4 Å². The molecule has 2 heterocycles. The minimum absolute atomic E-state index is 0.0101. The lowest BCUT2D eigenvalue weighted by Gasteiger charge is -2.71. The molecule has 0 bridgehead atoms. The number of carboxylic acid groups (broad SMARTS) is 1. The summed E-state index contributed by atoms with van der Waals surface area (Å²) in [7, 11) is 0. The standard InChI is InChI=1S/C48H65N5O7/c1-26(2)35-31(54)24-47(52-39(58)42(6,7)53-40(59)51-34-14-12-13-27(3)50-34)21-19-43(8)28(36(35)47)15-16-32-44(43,9)20-22-48-45(32,10)18-17-33(46(48,11)25-49-48)60-38(57)30-23-29(37(55)56)41(30,4)5/h12-14,26,28-30,32-33H,15-24H2,1-11H3,(H3-,50,51,52,53,55,56,58,59)/p+1/t28-,29+,30-,32+,33+,43-,44-,45-,46-,47-,48+/m1/s1. The van der Waals surface area contributed by atoms with Crippen LogP contribution in [0.5, 0.6) is 0 Å². The molecule has 5 saturated carbocycles. The van der Waals surface area contributed by atoms with E-state index in [1.54, 1.807) is 19.9 Å². The zero-order chi connectivity index (χ0) is 43.8. The highest BCUT2D eigenvalue weighted by Gasteiger charge is 2.86. The second-order valence-electron chi connectivity index (χ2n) is 22.2. The van der Waals surface area contributed by atoms with Crippen molar-refractivity contribution in [1.82, 2.24) is 15.6 Å². The van der Waals surface area contributed by atoms with Crippen molar-refractivity contribution in [2.45, 2.75) is 163 Å². The van der Waals surface area contributed by atoms with E-state index in [0.29, 0.717) is 31.0 Å². The monoisotopic (exact) mass is 824 g/mol. The van der Waals surface area contributed by atoms with E-state index >= 15 is 0 Å². The Kier molecular flexibility index (Phi) is 9.45. The molecule has 0 unspecified atom stereocenters. The molecule has 8 rings (SSSR count). The fourth-order valence-electron chi connectivity index (χ4n) is 14.5. The molecule has 1 aliphatic heterocycles. The fourth-order valence-corrected chi connectivity index (χ4v) is 14.5. The normalized spacial score (nSPS) is 40.7. The lowest BCUT2D eigenvalue weighted by Crippen LogP contribution is -2.75. The van der Waals surface area contributed by atoms with Crippen molar-refractivity contribution in [1.29, 1.82) is 0 Å². The third-order valence-corrected chi connectivity index (χ3v) is 18.4. The average Bonchev–Trinajstić information content (AvgIpc) is 3.43. The van der Waals surface area contributed by atoms with Crippen molar-refractivity contribution in [3.05, 3.63) is 39.9 Å². The minimum Gasteiger partial charge on any atom is -0.481 e. The molecule has 0 aromatic carbocycles. The van der Waals surface area contributed by atoms with Crippen molar-refractivity contribution < 1.29 is 33.8 Å². The summed E-state index contributed by atoms with van der Waals surface area (Å²) < 4.78 is 6.41. The topological polar surface area (TPSA) is 168 Å². The van der Waals surface area contributed by atoms with Crippen LogP contribution >= 0.6 is 0 Å². The minimum atomic E-state index is -1.29. The molecule has 0 radical (unpaired) electrons. The van der Waals surface area contributed by atoms with Gasteiger partial charge in [-0.3, -0.25) is 24.5 Å². The van der Waals surface area contributed by atoms with Gasteiger partial charge in [-0.15, -0.1) is 0 Å². The van der Waals surface area contributed by atoms with Gasteiger partial charge in [0, 0.05) is 18.5 Å². The van der Waals surface area contributed by atoms with Gasteiger partial charge in [0.05, 0.1) is 22.8 Å². The Morgan fingerprint density at radius 3 is 2.25 bits per heavy atom. The Morgan fingerprint density at radius 2 is 1.63 bits per heavy atom. The predicted octanol–water partition coefficient (Wildman–Crippen LogP) is 8.25. The van der Waals surface area contributed by atoms with E-state index in [9.17, 15) is 29.1 Å². The molecular formula is C48H66N5O7+. The summed E-state index contributed by atoms with van der Waals surface area (Å²) >= 11 is 0. The van der Waals surface area contributed by atoms with Crippen molar-refractivity contribution in [2.24, 2.45) is 56.7 Å². The number of carboxylic acids is 1. The number of ether oxygens (including phenoxy) is 1. The zero-order valence-electron chi connectivity index (χ0n) is 37.6. The van der Waals surface area contributed by atoms with E-state index in [-0.39, 0.29) is 58.3 Å². The highest BCUT2D eigenvalue weighted by atomic mass is 16.5. The molecule has 11 atom stereocenters. The van der Waals surface area contributed by atoms with E-state index in [0.717, 1.165) is 55.4 Å². The maximum Gasteiger partial charge on any atom is 0.321 e. The van der Waals surface area contributed by atoms with Crippen LogP contribution in [0, 0.1) is 69.7 Å². The van der Waals surface area contributed by atoms with Crippen LogP contribution in [0.4, 0.5) is 10.6 Å². The van der Waals surface area contributed by atoms with E-state index in [1.165, 1.54) is 0 Å². The van der Waals surface area contributed by atoms with Gasteiger partial charge in [-0.2, -0.15) is 0 Å². The number of anilines is 1. The van der Waals surface area contributed by atoms with Gasteiger partial charge in [0.15, 0.2) is 5.78 Å². The SMILES string of the molecule is Cc1cccc(NC(=O)NC(C)(C)C(=O)N[C@@]23CC[C@]4(C)[C@H](CC[C@@H]5[C@@]6(C)CC[C@H](OC(=O)[C@H]7C[C@@H](C(=O)O)C7(C)C)[C@@]7(C)C#[N+][C@]76CC[C@]54C)C2=C(C(C)C)C(=O)C3)n1. The van der Waals surface area contributed by atoms with Crippen molar-refractivity contribution >= 4 is 35.5 Å². The summed E-state index contributed by atoms with van der Waals surface area (Å²) in [5.74, 6) is -1.62. The fraction of sp³-hybridized carbons (Fsp3) is 0.729. The number of nitrogens with one attached hydrogen (secondary N) is 3. The zero-order valence-corrected chi connectivity index (χ0v) is 37.6. The number of fused-ring (bicyclic) bond motifs is 6. The molecule has 60 heavy (non-hydrogen) atoms. The summed E-state index contributed by atoms with van der Waals surface area (Å²) in [5, 5.41) is 18.7. The van der Waals surface area contributed by atoms with E-state index < -0.39 is 51.3 Å². The number of Topliss-reactive ketones (excluding diaryl/α,β-unsaturated/α-hetero) is 1. The first-order chi connectivity index (χ1) is 27.8. The first-order valence-corrected chi connectivity index (χ1v) is 22.4. The van der Waals surface area contributed by atoms with Gasteiger partial charge >= 0.3 is 23.5 Å². The summed E-state index contributed by atoms with van der Waals surface area (Å²) in [5.41, 5.74) is -1.51. The molecule has 6 aliphatic carbocycles. The molecule has 5 fully saturated rings. The van der Waals surface area contributed by atoms with Gasteiger partial charge in [0.25, 0.3) is 6.07 Å². The molecule has 1 aromatic heterocycles. The molecule has 12 nitrogen and oxygen atoms in total. The number of pyridine rings is 1. The second kappa shape index (κ2) is 13.4. The van der Waals surface area contributed by atoms with E-state index in [2.05, 4.69) is 68.5 Å². The smallest absolute Gasteiger partial charge is 0.321 e. The number of urea groups is 1. The third-order valence-electron chi connectivity index (χ3n) is 18.4. The number of allylic oxidation sites excluding steroid dienone is 1. The Labute approximate surface area is 355 Å². The molecule has 3 amide bonds. The molecule has 0 saturated heterocycles. The van der Waals surface area contributed by atoms with Crippen molar-refractivity contribution in [2.75, 3.05) is 5.32 Å². The number of hydrogen-bond donors (Lipinski definition) is 4. The second-order valence-corrected chi connectivity index (χ2v) is 22.2. The van der Waals surface area contributed by atoms with Crippen LogP contribution in [0.1, 0.15) is 139 Å². The third kappa shape index (κ3) is 5.57. The molecular weight excluding hydrogens is 759 g/mol. The Morgan fingerprint density at radius 1 is 0.933 bits per heavy atom. The quantitative estimate of drug-likeness (QED) is 0.190. The van der Waals surface area contributed by atoms with Crippen molar-refractivity contribution in [3.8, 4) is 6.07 Å². The molecule has 4 N–H and O–H groups in total. The summed E-state index contributed by atoms with van der Waals surface area (Å²) in [6.07, 6.45) is 6.76. The van der Waals surface area contributed by atoms with Crippen LogP contribution < -0.4 is 16.0 Å². The largest absolute Gasteiger partial charge is 0.481 e. The first-order valence-electron chi connectivity index (χ1n) is 22.4. The number of carbonyl (C=O) groups is 5. The summed E-state index contributed by atoms with van der Waals surface area (Å²) in [6, 6.07) is 8.25. The van der Waals surface area contributed by atoms with Gasteiger partial charge in [-0.05, 0) is 136 Å². The average molecular weight is 825 g/mol. The lowest BCUT2D eigenvalue weighted by atomic mass is 9.31. The number of aromatic nitrogens is 1. The molecule has 324 valence electrons. The summed E-state index contributed by atoms with van der Waals surface area (Å²) in [6.45, 7) is 22.7. The Bertz CT molecular complexity index is 2190. The molecule has 7 aliphatic rings. The molecule has 1 spiro atoms. The van der Waals surface area contributed by atoms with Gasteiger partial charge in [0.1, 0.15) is 17.5 Å². The number of aryl methyl sites for hydroxylation is 1. The number of nitrogens with zero attached hydrogens (tertiary/aromatic N) is 2. The first kappa shape index (κ1) is 42.4. The molecule has 1 aromatic rings. The number of hydrogen-bond acceptors (Lipinski definition) is 7. The lowest BCUT2D eigenvalue weighted by molar-refractivity contribution is -0.232. The highest BCUT2D eigenvalue weighted by molar-refractivity contribution is 6.03. The number of ketones is 1. The van der Waals surface area contributed by atoms with Crippen molar-refractivity contribution in [3.63, 3.8) is 0 Å². The molecule has 12 heteroatoms. The predicted molar refractivity (Wildman–Crippen MR) is 227 cm³/mol. The van der Waals surface area contributed by atoms with Gasteiger partial charge in [0.2, 0.25) is 11.3 Å². The van der Waals surface area contributed by atoms with Crippen LogP contribution in [0.25, 0.3) is 4.85 Å². The number of rotatable bonds is 8. The summed E-state index contributed by atoms with van der Waals surface area (Å²) in [4.78, 5) is 76.8.